The Morgan fingerprint density at radius 3 is 2.44 bits per heavy atom. The van der Waals surface area contributed by atoms with Gasteiger partial charge in [0.2, 0.25) is 5.75 Å². The first-order chi connectivity index (χ1) is 19.0. The molecule has 1 unspecified atom stereocenters. The third-order valence-corrected chi connectivity index (χ3v) is 6.66. The second-order valence-corrected chi connectivity index (χ2v) is 9.16. The number of hydrogen-bond donors (Lipinski definition) is 4. The summed E-state index contributed by atoms with van der Waals surface area (Å²) in [5.74, 6) is -0.182. The van der Waals surface area contributed by atoms with E-state index in [2.05, 4.69) is 4.98 Å². The second kappa shape index (κ2) is 11.4. The van der Waals surface area contributed by atoms with Crippen LogP contribution in [0.2, 0.25) is 0 Å². The molecule has 0 saturated carbocycles. The molecule has 8 heteroatoms. The van der Waals surface area contributed by atoms with E-state index in [4.69, 9.17) is 13.9 Å². The van der Waals surface area contributed by atoms with Gasteiger partial charge < -0.3 is 34.2 Å². The first-order valence-electron chi connectivity index (χ1n) is 12.6. The van der Waals surface area contributed by atoms with Gasteiger partial charge in [-0.1, -0.05) is 30.3 Å². The number of benzene rings is 3. The molecule has 0 aliphatic heterocycles. The number of fused-ring (bicyclic) bond motifs is 1. The molecule has 0 radical (unpaired) electrons. The van der Waals surface area contributed by atoms with Crippen LogP contribution in [0.5, 0.6) is 23.0 Å². The summed E-state index contributed by atoms with van der Waals surface area (Å²) in [4.78, 5) is 16.8. The Kier molecular flexibility index (Phi) is 7.56. The van der Waals surface area contributed by atoms with E-state index in [9.17, 15) is 20.1 Å². The van der Waals surface area contributed by atoms with Gasteiger partial charge in [-0.05, 0) is 47.9 Å². The Hall–Kier alpha value is -4.69. The fourth-order valence-corrected chi connectivity index (χ4v) is 4.80. The minimum Gasteiger partial charge on any atom is -0.508 e. The summed E-state index contributed by atoms with van der Waals surface area (Å²) in [6.07, 6.45) is 4.47. The van der Waals surface area contributed by atoms with Crippen molar-refractivity contribution in [2.45, 2.75) is 18.8 Å². The highest BCUT2D eigenvalue weighted by molar-refractivity contribution is 5.94. The molecule has 0 fully saturated rings. The average Bonchev–Trinajstić information content (AvgIpc) is 3.48. The van der Waals surface area contributed by atoms with Gasteiger partial charge in [-0.25, -0.2) is 0 Å². The summed E-state index contributed by atoms with van der Waals surface area (Å²) < 4.78 is 17.9. The molecule has 0 aliphatic rings. The molecular formula is C31H29NO7. The van der Waals surface area contributed by atoms with Gasteiger partial charge in [-0.3, -0.25) is 4.79 Å². The van der Waals surface area contributed by atoms with Crippen molar-refractivity contribution in [2.75, 3.05) is 20.3 Å². The van der Waals surface area contributed by atoms with Crippen LogP contribution in [0.25, 0.3) is 22.3 Å². The van der Waals surface area contributed by atoms with Gasteiger partial charge in [0.05, 0.1) is 13.7 Å². The Morgan fingerprint density at radius 2 is 1.77 bits per heavy atom. The van der Waals surface area contributed by atoms with Crippen molar-refractivity contribution in [3.63, 3.8) is 0 Å². The molecule has 0 aliphatic carbocycles. The molecule has 4 N–H and O–H groups in total. The van der Waals surface area contributed by atoms with E-state index in [-0.39, 0.29) is 58.4 Å². The Balaban J connectivity index is 1.83. The van der Waals surface area contributed by atoms with Crippen LogP contribution in [0, 0.1) is 0 Å². The summed E-state index contributed by atoms with van der Waals surface area (Å²) in [6.45, 7) is 0.00170. The number of rotatable bonds is 10. The molecule has 0 spiro atoms. The lowest BCUT2D eigenvalue weighted by Gasteiger charge is -2.23. The monoisotopic (exact) mass is 527 g/mol. The normalized spacial score (nSPS) is 11.9. The lowest BCUT2D eigenvalue weighted by molar-refractivity contribution is 0.228. The molecule has 2 aromatic heterocycles. The van der Waals surface area contributed by atoms with Crippen molar-refractivity contribution in [2.24, 2.45) is 0 Å². The molecule has 2 heterocycles. The highest BCUT2D eigenvalue weighted by Gasteiger charge is 2.31. The number of aromatic amines is 1. The second-order valence-electron chi connectivity index (χ2n) is 9.16. The van der Waals surface area contributed by atoms with Gasteiger partial charge >= 0.3 is 0 Å². The fourth-order valence-electron chi connectivity index (χ4n) is 4.80. The number of nitrogens with one attached hydrogen (secondary N) is 1. The van der Waals surface area contributed by atoms with Crippen molar-refractivity contribution < 1.29 is 29.2 Å². The van der Waals surface area contributed by atoms with E-state index in [1.807, 2.05) is 42.6 Å². The molecule has 1 atom stereocenters. The van der Waals surface area contributed by atoms with Crippen LogP contribution in [0.4, 0.5) is 0 Å². The zero-order valence-corrected chi connectivity index (χ0v) is 21.4. The van der Waals surface area contributed by atoms with Crippen molar-refractivity contribution in [1.82, 2.24) is 4.98 Å². The van der Waals surface area contributed by atoms with Gasteiger partial charge in [-0.15, -0.1) is 0 Å². The van der Waals surface area contributed by atoms with Gasteiger partial charge in [0.1, 0.15) is 22.5 Å². The van der Waals surface area contributed by atoms with E-state index >= 15 is 0 Å². The number of aromatic hydroxyl groups is 2. The highest BCUT2D eigenvalue weighted by Crippen LogP contribution is 2.50. The summed E-state index contributed by atoms with van der Waals surface area (Å²) in [5, 5.41) is 30.9. The van der Waals surface area contributed by atoms with Crippen molar-refractivity contribution in [3.8, 4) is 34.3 Å². The van der Waals surface area contributed by atoms with Gasteiger partial charge in [-0.2, -0.15) is 0 Å². The quantitative estimate of drug-likeness (QED) is 0.181. The predicted octanol–water partition coefficient (Wildman–Crippen LogP) is 5.34. The number of aliphatic hydroxyl groups is 1. The van der Waals surface area contributed by atoms with Crippen molar-refractivity contribution >= 4 is 11.0 Å². The maximum absolute atomic E-state index is 13.7. The largest absolute Gasteiger partial charge is 0.508 e. The smallest absolute Gasteiger partial charge is 0.204 e. The third-order valence-electron chi connectivity index (χ3n) is 6.66. The minimum absolute atomic E-state index is 0.0220. The number of aliphatic hydroxyl groups excluding tert-OH is 1. The number of H-pyrrole nitrogens is 1. The third kappa shape index (κ3) is 5.19. The van der Waals surface area contributed by atoms with E-state index < -0.39 is 5.92 Å². The standard InChI is InChI=1S/C31H29NO7/c1-37-31-28(36)26(23(21-12-13-32-18-21)16-19-6-3-2-4-7-19)29-27(30(31)38-15-5-14-33)24(35)17-25(39-29)20-8-10-22(34)11-9-20/h2-4,6-13,17-18,23,32-34,36H,5,14-16H2,1H3. The molecule has 5 rings (SSSR count). The minimum atomic E-state index is -0.417. The lowest BCUT2D eigenvalue weighted by Crippen LogP contribution is -2.12. The van der Waals surface area contributed by atoms with Crippen LogP contribution in [0.1, 0.15) is 29.0 Å². The number of aromatic nitrogens is 1. The molecule has 8 nitrogen and oxygen atoms in total. The number of phenolic OH excluding ortho intramolecular Hbond substituents is 2. The summed E-state index contributed by atoms with van der Waals surface area (Å²) >= 11 is 0. The first kappa shape index (κ1) is 25.9. The van der Waals surface area contributed by atoms with Gasteiger partial charge in [0, 0.05) is 48.5 Å². The Labute approximate surface area is 224 Å². The highest BCUT2D eigenvalue weighted by atomic mass is 16.5. The number of hydrogen-bond acceptors (Lipinski definition) is 7. The molecule has 0 saturated heterocycles. The molecule has 0 bridgehead atoms. The SMILES string of the molecule is COc1c(O)c(C(Cc2ccccc2)c2cc[nH]c2)c2oc(-c3ccc(O)cc3)cc(=O)c2c1OCCCO. The number of phenols is 2. The van der Waals surface area contributed by atoms with Gasteiger partial charge in [0.25, 0.3) is 0 Å². The van der Waals surface area contributed by atoms with E-state index in [1.54, 1.807) is 18.3 Å². The van der Waals surface area contributed by atoms with Crippen LogP contribution in [-0.4, -0.2) is 40.6 Å². The van der Waals surface area contributed by atoms with E-state index in [0.717, 1.165) is 11.1 Å². The molecule has 39 heavy (non-hydrogen) atoms. The lowest BCUT2D eigenvalue weighted by atomic mass is 9.85. The van der Waals surface area contributed by atoms with Crippen molar-refractivity contribution in [1.29, 1.82) is 0 Å². The molecule has 5 aromatic rings. The first-order valence-corrected chi connectivity index (χ1v) is 12.6. The van der Waals surface area contributed by atoms with Crippen LogP contribution in [-0.2, 0) is 6.42 Å². The van der Waals surface area contributed by atoms with E-state index in [1.165, 1.54) is 25.3 Å². The predicted molar refractivity (Wildman–Crippen MR) is 148 cm³/mol. The van der Waals surface area contributed by atoms with Crippen molar-refractivity contribution in [3.05, 3.63) is 106 Å². The zero-order chi connectivity index (χ0) is 27.4. The van der Waals surface area contributed by atoms with E-state index in [0.29, 0.717) is 24.0 Å². The summed E-state index contributed by atoms with van der Waals surface area (Å²) in [7, 11) is 1.40. The average molecular weight is 528 g/mol. The van der Waals surface area contributed by atoms with Crippen LogP contribution in [0.15, 0.2) is 88.3 Å². The Bertz CT molecular complexity index is 1610. The maximum Gasteiger partial charge on any atom is 0.204 e. The van der Waals surface area contributed by atoms with Gasteiger partial charge in [0.15, 0.2) is 16.9 Å². The molecule has 3 aromatic carbocycles. The van der Waals surface area contributed by atoms with Crippen LogP contribution >= 0.6 is 0 Å². The van der Waals surface area contributed by atoms with Crippen LogP contribution < -0.4 is 14.9 Å². The molecule has 0 amide bonds. The number of ether oxygens (including phenoxy) is 2. The fraction of sp³-hybridized carbons (Fsp3) is 0.194. The molecular weight excluding hydrogens is 498 g/mol. The topological polar surface area (TPSA) is 125 Å². The Morgan fingerprint density at radius 1 is 1.00 bits per heavy atom. The summed E-state index contributed by atoms with van der Waals surface area (Å²) in [5.41, 5.74) is 2.66. The summed E-state index contributed by atoms with van der Waals surface area (Å²) in [6, 6.07) is 19.4. The van der Waals surface area contributed by atoms with Crippen LogP contribution in [0.3, 0.4) is 0 Å². The maximum atomic E-state index is 13.7. The molecule has 200 valence electrons. The number of methoxy groups -OCH3 is 1. The zero-order valence-electron chi connectivity index (χ0n) is 21.4.